The van der Waals surface area contributed by atoms with Crippen molar-refractivity contribution in [2.24, 2.45) is 11.7 Å². The summed E-state index contributed by atoms with van der Waals surface area (Å²) >= 11 is 0. The number of nitrogens with two attached hydrogens (primary N) is 1. The average molecular weight is 385 g/mol. The summed E-state index contributed by atoms with van der Waals surface area (Å²) in [5, 5.41) is 2.45. The fraction of sp³-hybridized carbons (Fsp3) is 0.500. The van der Waals surface area contributed by atoms with Gasteiger partial charge in [-0.1, -0.05) is 0 Å². The summed E-state index contributed by atoms with van der Waals surface area (Å²) in [5.74, 6) is -0.476. The van der Waals surface area contributed by atoms with Gasteiger partial charge in [0.15, 0.2) is 11.5 Å². The summed E-state index contributed by atoms with van der Waals surface area (Å²) < 4.78 is 37.2. The number of rotatable bonds is 7. The van der Waals surface area contributed by atoms with Gasteiger partial charge >= 0.3 is 0 Å². The summed E-state index contributed by atoms with van der Waals surface area (Å²) in [7, 11) is -0.795. The molecule has 0 aliphatic carbocycles. The number of benzene rings is 1. The van der Waals surface area contributed by atoms with Crippen molar-refractivity contribution in [1.29, 1.82) is 0 Å². The maximum atomic E-state index is 12.8. The normalized spacial score (nSPS) is 16.1. The minimum absolute atomic E-state index is 0.103. The second-order valence-electron chi connectivity index (χ2n) is 5.88. The summed E-state index contributed by atoms with van der Waals surface area (Å²) in [4.78, 5) is 22.8. The number of amides is 2. The Labute approximate surface area is 152 Å². The fourth-order valence-electron chi connectivity index (χ4n) is 2.80. The minimum atomic E-state index is -3.70. The van der Waals surface area contributed by atoms with Gasteiger partial charge in [-0.15, -0.1) is 0 Å². The van der Waals surface area contributed by atoms with Gasteiger partial charge in [-0.3, -0.25) is 9.59 Å². The van der Waals surface area contributed by atoms with E-state index >= 15 is 0 Å². The Balaban J connectivity index is 2.06. The number of ether oxygens (including phenoxy) is 2. The van der Waals surface area contributed by atoms with Gasteiger partial charge in [-0.05, 0) is 25.0 Å². The third kappa shape index (κ3) is 4.44. The van der Waals surface area contributed by atoms with Gasteiger partial charge in [0.1, 0.15) is 0 Å². The standard InChI is InChI=1S/C16H23N3O6S/c1-24-13-4-3-12(9-14(13)25-2)26(22,23)19-7-5-11(6-8-19)16(21)18-10-15(17)20/h3-4,9,11H,5-8,10H2,1-2H3,(H2,17,20)(H,18,21). The Hall–Kier alpha value is -2.33. The Kier molecular flexibility index (Phi) is 6.43. The molecule has 0 atom stereocenters. The van der Waals surface area contributed by atoms with Crippen molar-refractivity contribution in [3.63, 3.8) is 0 Å². The van der Waals surface area contributed by atoms with E-state index in [4.69, 9.17) is 15.2 Å². The van der Waals surface area contributed by atoms with Crippen LogP contribution in [0.3, 0.4) is 0 Å². The molecule has 1 saturated heterocycles. The Morgan fingerprint density at radius 3 is 2.35 bits per heavy atom. The van der Waals surface area contributed by atoms with E-state index in [0.29, 0.717) is 24.3 Å². The number of methoxy groups -OCH3 is 2. The van der Waals surface area contributed by atoms with Gasteiger partial charge < -0.3 is 20.5 Å². The van der Waals surface area contributed by atoms with E-state index < -0.39 is 15.9 Å². The van der Waals surface area contributed by atoms with Crippen LogP contribution in [0.2, 0.25) is 0 Å². The fourth-order valence-corrected chi connectivity index (χ4v) is 4.29. The van der Waals surface area contributed by atoms with Crippen LogP contribution >= 0.6 is 0 Å². The maximum absolute atomic E-state index is 12.8. The number of primary amides is 1. The van der Waals surface area contributed by atoms with E-state index in [2.05, 4.69) is 5.32 Å². The zero-order chi connectivity index (χ0) is 19.3. The third-order valence-electron chi connectivity index (χ3n) is 4.25. The van der Waals surface area contributed by atoms with E-state index in [1.54, 1.807) is 0 Å². The van der Waals surface area contributed by atoms with Crippen LogP contribution in [0.5, 0.6) is 11.5 Å². The maximum Gasteiger partial charge on any atom is 0.243 e. The monoisotopic (exact) mass is 385 g/mol. The highest BCUT2D eigenvalue weighted by Gasteiger charge is 2.32. The van der Waals surface area contributed by atoms with Crippen LogP contribution in [0.15, 0.2) is 23.1 Å². The lowest BCUT2D eigenvalue weighted by Gasteiger charge is -2.30. The second kappa shape index (κ2) is 8.37. The lowest BCUT2D eigenvalue weighted by Crippen LogP contribution is -2.44. The molecule has 0 saturated carbocycles. The molecule has 9 nitrogen and oxygen atoms in total. The summed E-state index contributed by atoms with van der Waals surface area (Å²) in [6.07, 6.45) is 0.744. The number of carbonyl (C=O) groups excluding carboxylic acids is 2. The Morgan fingerprint density at radius 1 is 1.19 bits per heavy atom. The largest absolute Gasteiger partial charge is 0.493 e. The molecule has 1 fully saturated rings. The van der Waals surface area contributed by atoms with E-state index in [9.17, 15) is 18.0 Å². The topological polar surface area (TPSA) is 128 Å². The molecule has 0 unspecified atom stereocenters. The molecule has 1 aromatic carbocycles. The molecule has 0 bridgehead atoms. The smallest absolute Gasteiger partial charge is 0.243 e. The molecule has 1 aliphatic rings. The molecule has 2 amide bonds. The van der Waals surface area contributed by atoms with E-state index in [1.807, 2.05) is 0 Å². The Morgan fingerprint density at radius 2 is 1.81 bits per heavy atom. The summed E-state index contributed by atoms with van der Waals surface area (Å²) in [5.41, 5.74) is 5.00. The number of hydrogen-bond donors (Lipinski definition) is 2. The number of piperidine rings is 1. The van der Waals surface area contributed by atoms with Crippen molar-refractivity contribution < 1.29 is 27.5 Å². The van der Waals surface area contributed by atoms with Gasteiger partial charge in [0.2, 0.25) is 21.8 Å². The molecule has 26 heavy (non-hydrogen) atoms. The van der Waals surface area contributed by atoms with Crippen LogP contribution in [-0.4, -0.2) is 58.4 Å². The first-order chi connectivity index (χ1) is 12.3. The van der Waals surface area contributed by atoms with Gasteiger partial charge in [0, 0.05) is 25.1 Å². The van der Waals surface area contributed by atoms with Gasteiger partial charge in [0.05, 0.1) is 25.7 Å². The van der Waals surface area contributed by atoms with E-state index in [-0.39, 0.29) is 36.4 Å². The number of sulfonamides is 1. The van der Waals surface area contributed by atoms with Crippen molar-refractivity contribution in [2.75, 3.05) is 33.9 Å². The third-order valence-corrected chi connectivity index (χ3v) is 6.15. The average Bonchev–Trinajstić information content (AvgIpc) is 2.65. The SMILES string of the molecule is COc1ccc(S(=O)(=O)N2CCC(C(=O)NCC(N)=O)CC2)cc1OC. The minimum Gasteiger partial charge on any atom is -0.493 e. The van der Waals surface area contributed by atoms with E-state index in [0.717, 1.165) is 0 Å². The quantitative estimate of drug-likeness (QED) is 0.664. The molecule has 0 aromatic heterocycles. The van der Waals surface area contributed by atoms with Crippen LogP contribution in [0, 0.1) is 5.92 Å². The first kappa shape index (κ1) is 20.0. The Bertz CT molecular complexity index is 772. The predicted octanol–water partition coefficient (Wildman–Crippen LogP) is -0.294. The van der Waals surface area contributed by atoms with Crippen LogP contribution in [0.25, 0.3) is 0 Å². The number of carbonyl (C=O) groups is 2. The van der Waals surface area contributed by atoms with Crippen LogP contribution in [0.1, 0.15) is 12.8 Å². The van der Waals surface area contributed by atoms with Crippen LogP contribution < -0.4 is 20.5 Å². The lowest BCUT2D eigenvalue weighted by molar-refractivity contribution is -0.128. The first-order valence-corrected chi connectivity index (χ1v) is 9.51. The first-order valence-electron chi connectivity index (χ1n) is 8.07. The zero-order valence-corrected chi connectivity index (χ0v) is 15.5. The highest BCUT2D eigenvalue weighted by molar-refractivity contribution is 7.89. The van der Waals surface area contributed by atoms with Crippen molar-refractivity contribution >= 4 is 21.8 Å². The lowest BCUT2D eigenvalue weighted by atomic mass is 9.97. The van der Waals surface area contributed by atoms with Crippen molar-refractivity contribution in [2.45, 2.75) is 17.7 Å². The van der Waals surface area contributed by atoms with Crippen molar-refractivity contribution in [3.05, 3.63) is 18.2 Å². The molecule has 2 rings (SSSR count). The molecular formula is C16H23N3O6S. The molecule has 3 N–H and O–H groups in total. The zero-order valence-electron chi connectivity index (χ0n) is 14.7. The van der Waals surface area contributed by atoms with Gasteiger partial charge in [-0.25, -0.2) is 8.42 Å². The molecular weight excluding hydrogens is 362 g/mol. The molecule has 0 spiro atoms. The molecule has 1 heterocycles. The summed E-state index contributed by atoms with van der Waals surface area (Å²) in [6.45, 7) is 0.208. The molecule has 1 aromatic rings. The molecule has 1 aliphatic heterocycles. The van der Waals surface area contributed by atoms with Crippen molar-refractivity contribution in [3.8, 4) is 11.5 Å². The highest BCUT2D eigenvalue weighted by Crippen LogP contribution is 2.31. The predicted molar refractivity (Wildman–Crippen MR) is 93.2 cm³/mol. The van der Waals surface area contributed by atoms with Crippen molar-refractivity contribution in [1.82, 2.24) is 9.62 Å². The molecule has 144 valence electrons. The summed E-state index contributed by atoms with van der Waals surface area (Å²) in [6, 6.07) is 4.41. The number of nitrogens with zero attached hydrogens (tertiary/aromatic N) is 1. The van der Waals surface area contributed by atoms with E-state index in [1.165, 1.54) is 36.7 Å². The highest BCUT2D eigenvalue weighted by atomic mass is 32.2. The second-order valence-corrected chi connectivity index (χ2v) is 7.82. The molecule has 0 radical (unpaired) electrons. The molecule has 10 heteroatoms. The number of nitrogens with one attached hydrogen (secondary N) is 1. The number of hydrogen-bond acceptors (Lipinski definition) is 6. The van der Waals surface area contributed by atoms with Crippen LogP contribution in [0.4, 0.5) is 0 Å². The van der Waals surface area contributed by atoms with Gasteiger partial charge in [0.25, 0.3) is 0 Å². The van der Waals surface area contributed by atoms with Crippen LogP contribution in [-0.2, 0) is 19.6 Å². The van der Waals surface area contributed by atoms with Gasteiger partial charge in [-0.2, -0.15) is 4.31 Å².